The van der Waals surface area contributed by atoms with Gasteiger partial charge >= 0.3 is 0 Å². The molecule has 0 bridgehead atoms. The maximum absolute atomic E-state index is 11.8. The van der Waals surface area contributed by atoms with Crippen molar-refractivity contribution in [1.29, 1.82) is 0 Å². The topological polar surface area (TPSA) is 115 Å². The van der Waals surface area contributed by atoms with Crippen LogP contribution in [0.1, 0.15) is 12.8 Å². The molecule has 0 atom stereocenters. The largest absolute Gasteiger partial charge is 0.494 e. The van der Waals surface area contributed by atoms with Gasteiger partial charge in [0.15, 0.2) is 5.82 Å². The first kappa shape index (κ1) is 30.4. The lowest BCUT2D eigenvalue weighted by atomic mass is 10.0. The number of sulfonamides is 1. The molecule has 3 heterocycles. The molecule has 2 aliphatic rings. The van der Waals surface area contributed by atoms with E-state index < -0.39 is 10.0 Å². The van der Waals surface area contributed by atoms with Crippen LogP contribution in [-0.4, -0.2) is 93.9 Å². The lowest BCUT2D eigenvalue weighted by Gasteiger charge is -2.42. The van der Waals surface area contributed by atoms with Crippen molar-refractivity contribution in [3.63, 3.8) is 0 Å². The van der Waals surface area contributed by atoms with E-state index in [1.54, 1.807) is 25.3 Å². The Labute approximate surface area is 257 Å². The molecule has 42 heavy (non-hydrogen) atoms. The van der Waals surface area contributed by atoms with Crippen LogP contribution in [0.5, 0.6) is 5.75 Å². The molecule has 2 fully saturated rings. The summed E-state index contributed by atoms with van der Waals surface area (Å²) in [6, 6.07) is 11.4. The first-order valence-corrected chi connectivity index (χ1v) is 16.4. The third kappa shape index (κ3) is 7.67. The SMILES string of the molecule is COc1cc(N2CCC(N3CCN(C)CC3)CC2)ccc1Nc1ncc(Cl)c(Nc2cc(Cl)ccc2NS(C)(=O)=O)n1. The molecular weight excluding hydrogens is 599 g/mol. The zero-order valence-corrected chi connectivity index (χ0v) is 26.2. The van der Waals surface area contributed by atoms with Gasteiger partial charge in [0.2, 0.25) is 16.0 Å². The second kappa shape index (κ2) is 13.1. The molecule has 0 radical (unpaired) electrons. The molecule has 0 spiro atoms. The van der Waals surface area contributed by atoms with Crippen molar-refractivity contribution >= 4 is 67.7 Å². The summed E-state index contributed by atoms with van der Waals surface area (Å²) in [5.74, 6) is 1.21. The molecule has 3 aromatic rings. The minimum atomic E-state index is -3.53. The molecule has 14 heteroatoms. The highest BCUT2D eigenvalue weighted by molar-refractivity contribution is 7.92. The van der Waals surface area contributed by atoms with Gasteiger partial charge in [-0.15, -0.1) is 0 Å². The highest BCUT2D eigenvalue weighted by atomic mass is 35.5. The number of likely N-dealkylation sites (N-methyl/N-ethyl adjacent to an activating group) is 1. The second-order valence-electron chi connectivity index (χ2n) is 10.6. The molecule has 0 aliphatic carbocycles. The molecule has 1 aromatic heterocycles. The molecule has 2 aliphatic heterocycles. The number of ether oxygens (including phenoxy) is 1. The summed E-state index contributed by atoms with van der Waals surface area (Å²) in [6.07, 6.45) is 4.82. The molecule has 0 amide bonds. The van der Waals surface area contributed by atoms with Gasteiger partial charge in [0.05, 0.1) is 36.6 Å². The van der Waals surface area contributed by atoms with Crippen LogP contribution in [0.25, 0.3) is 0 Å². The summed E-state index contributed by atoms with van der Waals surface area (Å²) in [4.78, 5) is 16.3. The van der Waals surface area contributed by atoms with Crippen LogP contribution in [0, 0.1) is 0 Å². The number of piperazine rings is 1. The van der Waals surface area contributed by atoms with Crippen molar-refractivity contribution in [3.05, 3.63) is 52.6 Å². The number of benzene rings is 2. The number of nitrogens with one attached hydrogen (secondary N) is 3. The molecule has 11 nitrogen and oxygen atoms in total. The molecule has 2 aromatic carbocycles. The Balaban J connectivity index is 1.28. The smallest absolute Gasteiger partial charge is 0.229 e. The van der Waals surface area contributed by atoms with Crippen molar-refractivity contribution in [2.75, 3.05) is 79.9 Å². The maximum Gasteiger partial charge on any atom is 0.229 e. The fourth-order valence-corrected chi connectivity index (χ4v) is 6.22. The normalized spacial score (nSPS) is 17.2. The maximum atomic E-state index is 11.8. The Hall–Kier alpha value is -3.03. The standard InChI is InChI=1S/C28H36Cl2N8O3S/c1-36-12-14-38(15-13-36)20-8-10-37(11-9-20)21-5-7-24(26(17-21)41-2)33-28-31-18-22(30)27(34-28)32-25-16-19(29)4-6-23(25)35-42(3,39)40/h4-7,16-18,20,35H,8-15H2,1-3H3,(H2,31,32,33,34). The van der Waals surface area contributed by atoms with E-state index in [1.807, 2.05) is 12.1 Å². The number of methoxy groups -OCH3 is 1. The molecule has 3 N–H and O–H groups in total. The molecule has 5 rings (SSSR count). The third-order valence-electron chi connectivity index (χ3n) is 7.59. The lowest BCUT2D eigenvalue weighted by molar-refractivity contribution is 0.0982. The van der Waals surface area contributed by atoms with E-state index in [1.165, 1.54) is 6.20 Å². The van der Waals surface area contributed by atoms with Crippen molar-refractivity contribution < 1.29 is 13.2 Å². The zero-order chi connectivity index (χ0) is 29.9. The van der Waals surface area contributed by atoms with Crippen LogP contribution < -0.4 is 25.0 Å². The Morgan fingerprint density at radius 1 is 0.929 bits per heavy atom. The molecule has 226 valence electrons. The van der Waals surface area contributed by atoms with Gasteiger partial charge in [-0.05, 0) is 50.2 Å². The number of aromatic nitrogens is 2. The van der Waals surface area contributed by atoms with Crippen LogP contribution in [0.15, 0.2) is 42.6 Å². The number of anilines is 6. The predicted octanol–water partition coefficient (Wildman–Crippen LogP) is 4.87. The van der Waals surface area contributed by atoms with Gasteiger partial charge in [0, 0.05) is 62.1 Å². The third-order valence-corrected chi connectivity index (χ3v) is 8.69. The summed E-state index contributed by atoms with van der Waals surface area (Å²) in [7, 11) is 0.302. The highest BCUT2D eigenvalue weighted by Gasteiger charge is 2.27. The van der Waals surface area contributed by atoms with Gasteiger partial charge in [-0.25, -0.2) is 13.4 Å². The first-order valence-electron chi connectivity index (χ1n) is 13.8. The van der Waals surface area contributed by atoms with E-state index in [-0.39, 0.29) is 16.8 Å². The van der Waals surface area contributed by atoms with E-state index in [2.05, 4.69) is 53.1 Å². The average molecular weight is 636 g/mol. The summed E-state index contributed by atoms with van der Waals surface area (Å²) >= 11 is 12.5. The number of hydrogen-bond acceptors (Lipinski definition) is 10. The van der Waals surface area contributed by atoms with Crippen LogP contribution in [-0.2, 0) is 10.0 Å². The van der Waals surface area contributed by atoms with E-state index in [0.29, 0.717) is 33.9 Å². The zero-order valence-electron chi connectivity index (χ0n) is 23.9. The second-order valence-corrected chi connectivity index (χ2v) is 13.2. The Kier molecular flexibility index (Phi) is 9.48. The fourth-order valence-electron chi connectivity index (χ4n) is 5.33. The number of nitrogens with zero attached hydrogens (tertiary/aromatic N) is 5. The van der Waals surface area contributed by atoms with E-state index in [0.717, 1.165) is 64.1 Å². The van der Waals surface area contributed by atoms with Crippen LogP contribution >= 0.6 is 23.2 Å². The van der Waals surface area contributed by atoms with Crippen molar-refractivity contribution in [2.45, 2.75) is 18.9 Å². The van der Waals surface area contributed by atoms with E-state index in [4.69, 9.17) is 27.9 Å². The van der Waals surface area contributed by atoms with Crippen molar-refractivity contribution in [1.82, 2.24) is 19.8 Å². The van der Waals surface area contributed by atoms with Gasteiger partial charge in [-0.3, -0.25) is 9.62 Å². The molecule has 2 saturated heterocycles. The van der Waals surface area contributed by atoms with Crippen LogP contribution in [0.4, 0.5) is 34.5 Å². The van der Waals surface area contributed by atoms with Crippen molar-refractivity contribution in [2.24, 2.45) is 0 Å². The van der Waals surface area contributed by atoms with Crippen LogP contribution in [0.2, 0.25) is 10.0 Å². The van der Waals surface area contributed by atoms with E-state index in [9.17, 15) is 8.42 Å². The quantitative estimate of drug-likeness (QED) is 0.301. The van der Waals surface area contributed by atoms with Crippen LogP contribution in [0.3, 0.4) is 0 Å². The number of rotatable bonds is 9. The monoisotopic (exact) mass is 634 g/mol. The van der Waals surface area contributed by atoms with Gasteiger partial charge in [-0.1, -0.05) is 23.2 Å². The lowest BCUT2D eigenvalue weighted by Crippen LogP contribution is -2.52. The molecular formula is C28H36Cl2N8O3S. The Morgan fingerprint density at radius 3 is 2.33 bits per heavy atom. The average Bonchev–Trinajstić information content (AvgIpc) is 2.96. The van der Waals surface area contributed by atoms with Gasteiger partial charge in [-0.2, -0.15) is 4.98 Å². The van der Waals surface area contributed by atoms with Gasteiger partial charge in [0.1, 0.15) is 10.8 Å². The molecule has 0 unspecified atom stereocenters. The Morgan fingerprint density at radius 2 is 1.64 bits per heavy atom. The first-order chi connectivity index (χ1) is 20.1. The summed E-state index contributed by atoms with van der Waals surface area (Å²) < 4.78 is 31.9. The minimum Gasteiger partial charge on any atom is -0.494 e. The van der Waals surface area contributed by atoms with Gasteiger partial charge < -0.3 is 25.2 Å². The number of halogens is 2. The van der Waals surface area contributed by atoms with Gasteiger partial charge in [0.25, 0.3) is 0 Å². The number of hydrogen-bond donors (Lipinski definition) is 3. The molecule has 0 saturated carbocycles. The summed E-state index contributed by atoms with van der Waals surface area (Å²) in [6.45, 7) is 6.59. The van der Waals surface area contributed by atoms with E-state index >= 15 is 0 Å². The predicted molar refractivity (Wildman–Crippen MR) is 171 cm³/mol. The number of piperidine rings is 1. The fraction of sp³-hybridized carbons (Fsp3) is 0.429. The minimum absolute atomic E-state index is 0.244. The highest BCUT2D eigenvalue weighted by Crippen LogP contribution is 2.35. The van der Waals surface area contributed by atoms with Crippen molar-refractivity contribution in [3.8, 4) is 5.75 Å². The summed E-state index contributed by atoms with van der Waals surface area (Å²) in [5.41, 5.74) is 2.50. The summed E-state index contributed by atoms with van der Waals surface area (Å²) in [5, 5.41) is 6.93. The Bertz CT molecular complexity index is 1510.